The summed E-state index contributed by atoms with van der Waals surface area (Å²) in [5.74, 6) is 1.46. The van der Waals surface area contributed by atoms with Crippen LogP contribution in [0, 0.1) is 5.41 Å². The number of nitrogens with two attached hydrogens (primary N) is 1. The largest absolute Gasteiger partial charge is 0.409 e. The first-order valence-corrected chi connectivity index (χ1v) is 8.74. The third kappa shape index (κ3) is 4.40. The summed E-state index contributed by atoms with van der Waals surface area (Å²) < 4.78 is 0. The van der Waals surface area contributed by atoms with Gasteiger partial charge >= 0.3 is 0 Å². The van der Waals surface area contributed by atoms with Crippen LogP contribution in [0.1, 0.15) is 50.7 Å². The minimum absolute atomic E-state index is 0.215. The number of hydrogen-bond donors (Lipinski definition) is 2. The maximum Gasteiger partial charge on any atom is 0.144 e. The molecule has 1 aromatic rings. The van der Waals surface area contributed by atoms with Crippen molar-refractivity contribution in [1.82, 2.24) is 0 Å². The summed E-state index contributed by atoms with van der Waals surface area (Å²) in [6.45, 7) is 4.05. The third-order valence-corrected chi connectivity index (χ3v) is 5.42. The first-order valence-electron chi connectivity index (χ1n) is 7.75. The molecule has 21 heavy (non-hydrogen) atoms. The Morgan fingerprint density at radius 2 is 2.05 bits per heavy atom. The number of rotatable bonds is 7. The standard InChI is InChI=1S/C17H26N2OS/c1-17(2,16(18)19-20)10-3-4-11-21-15-9-8-13-6-5-7-14(13)12-15/h8-9,12,20H,3-7,10-11H2,1-2H3,(H2,18,19). The zero-order valence-corrected chi connectivity index (χ0v) is 13.9. The molecule has 116 valence electrons. The van der Waals surface area contributed by atoms with E-state index in [0.29, 0.717) is 5.84 Å². The van der Waals surface area contributed by atoms with Crippen molar-refractivity contribution < 1.29 is 5.21 Å². The Kier molecular flexibility index (Phi) is 5.57. The predicted octanol–water partition coefficient (Wildman–Crippen LogP) is 4.21. The number of hydrogen-bond acceptors (Lipinski definition) is 3. The van der Waals surface area contributed by atoms with Crippen LogP contribution in [0.5, 0.6) is 0 Å². The van der Waals surface area contributed by atoms with Gasteiger partial charge in [0.1, 0.15) is 5.84 Å². The first kappa shape index (κ1) is 16.2. The van der Waals surface area contributed by atoms with Gasteiger partial charge in [-0.2, -0.15) is 0 Å². The van der Waals surface area contributed by atoms with Crippen LogP contribution in [0.3, 0.4) is 0 Å². The lowest BCUT2D eigenvalue weighted by atomic mass is 9.86. The van der Waals surface area contributed by atoms with E-state index < -0.39 is 0 Å². The zero-order valence-electron chi connectivity index (χ0n) is 13.1. The maximum absolute atomic E-state index is 8.76. The van der Waals surface area contributed by atoms with Crippen LogP contribution < -0.4 is 5.73 Å². The van der Waals surface area contributed by atoms with Crippen LogP contribution in [-0.2, 0) is 12.8 Å². The Hall–Kier alpha value is -1.16. The molecule has 3 nitrogen and oxygen atoms in total. The van der Waals surface area contributed by atoms with Crippen LogP contribution >= 0.6 is 11.8 Å². The van der Waals surface area contributed by atoms with Gasteiger partial charge in [-0.25, -0.2) is 0 Å². The van der Waals surface area contributed by atoms with Crippen molar-refractivity contribution in [2.75, 3.05) is 5.75 Å². The van der Waals surface area contributed by atoms with Gasteiger partial charge in [0.15, 0.2) is 0 Å². The summed E-state index contributed by atoms with van der Waals surface area (Å²) in [5, 5.41) is 11.9. The number of thioether (sulfide) groups is 1. The van der Waals surface area contributed by atoms with Gasteiger partial charge in [-0.05, 0) is 61.1 Å². The Balaban J connectivity index is 1.71. The van der Waals surface area contributed by atoms with Gasteiger partial charge in [0.05, 0.1) is 0 Å². The molecule has 2 rings (SSSR count). The lowest BCUT2D eigenvalue weighted by Crippen LogP contribution is -2.31. The smallest absolute Gasteiger partial charge is 0.144 e. The van der Waals surface area contributed by atoms with Crippen molar-refractivity contribution in [2.24, 2.45) is 16.3 Å². The second-order valence-electron chi connectivity index (χ2n) is 6.46. The topological polar surface area (TPSA) is 58.6 Å². The number of benzene rings is 1. The zero-order chi connectivity index (χ0) is 15.3. The Morgan fingerprint density at radius 3 is 2.81 bits per heavy atom. The fourth-order valence-electron chi connectivity index (χ4n) is 2.76. The average Bonchev–Trinajstić information content (AvgIpc) is 2.93. The fraction of sp³-hybridized carbons (Fsp3) is 0.588. The molecule has 0 saturated carbocycles. The highest BCUT2D eigenvalue weighted by Gasteiger charge is 2.22. The monoisotopic (exact) mass is 306 g/mol. The highest BCUT2D eigenvalue weighted by molar-refractivity contribution is 7.99. The number of nitrogens with zero attached hydrogens (tertiary/aromatic N) is 1. The molecule has 0 amide bonds. The molecule has 0 unspecified atom stereocenters. The van der Waals surface area contributed by atoms with E-state index in [1.165, 1.54) is 24.2 Å². The molecule has 1 aliphatic rings. The lowest BCUT2D eigenvalue weighted by Gasteiger charge is -2.22. The molecular formula is C17H26N2OS. The average molecular weight is 306 g/mol. The molecule has 0 saturated heterocycles. The van der Waals surface area contributed by atoms with Gasteiger partial charge < -0.3 is 10.9 Å². The molecule has 3 N–H and O–H groups in total. The quantitative estimate of drug-likeness (QED) is 0.198. The number of aryl methyl sites for hydroxylation is 2. The van der Waals surface area contributed by atoms with Gasteiger partial charge in [0.25, 0.3) is 0 Å². The molecule has 0 atom stereocenters. The van der Waals surface area contributed by atoms with Gasteiger partial charge in [-0.3, -0.25) is 0 Å². The van der Waals surface area contributed by atoms with Gasteiger partial charge in [-0.1, -0.05) is 31.5 Å². The number of unbranched alkanes of at least 4 members (excludes halogenated alkanes) is 1. The van der Waals surface area contributed by atoms with E-state index in [1.807, 2.05) is 25.6 Å². The Bertz CT molecular complexity index is 512. The Labute approximate surface area is 132 Å². The van der Waals surface area contributed by atoms with E-state index >= 15 is 0 Å². The first-order chi connectivity index (χ1) is 10.0. The summed E-state index contributed by atoms with van der Waals surface area (Å²) >= 11 is 1.94. The normalized spacial score (nSPS) is 15.2. The predicted molar refractivity (Wildman–Crippen MR) is 90.2 cm³/mol. The van der Waals surface area contributed by atoms with Crippen LogP contribution in [0.2, 0.25) is 0 Å². The van der Waals surface area contributed by atoms with Gasteiger partial charge in [0, 0.05) is 10.3 Å². The van der Waals surface area contributed by atoms with E-state index in [-0.39, 0.29) is 5.41 Å². The molecule has 1 aliphatic carbocycles. The van der Waals surface area contributed by atoms with Crippen molar-refractivity contribution in [3.8, 4) is 0 Å². The molecule has 4 heteroatoms. The summed E-state index contributed by atoms with van der Waals surface area (Å²) in [6, 6.07) is 6.93. The molecule has 0 bridgehead atoms. The van der Waals surface area contributed by atoms with Crippen molar-refractivity contribution in [2.45, 2.75) is 57.3 Å². The van der Waals surface area contributed by atoms with Crippen molar-refractivity contribution in [3.63, 3.8) is 0 Å². The van der Waals surface area contributed by atoms with E-state index in [2.05, 4.69) is 23.4 Å². The molecular weight excluding hydrogens is 280 g/mol. The number of amidine groups is 1. The third-order valence-electron chi connectivity index (χ3n) is 4.34. The second-order valence-corrected chi connectivity index (χ2v) is 7.63. The summed E-state index contributed by atoms with van der Waals surface area (Å²) in [5.41, 5.74) is 8.58. The molecule has 0 radical (unpaired) electrons. The minimum Gasteiger partial charge on any atom is -0.409 e. The highest BCUT2D eigenvalue weighted by atomic mass is 32.2. The van der Waals surface area contributed by atoms with E-state index in [9.17, 15) is 0 Å². The number of fused-ring (bicyclic) bond motifs is 1. The van der Waals surface area contributed by atoms with Crippen molar-refractivity contribution in [3.05, 3.63) is 29.3 Å². The highest BCUT2D eigenvalue weighted by Crippen LogP contribution is 2.29. The van der Waals surface area contributed by atoms with Gasteiger partial charge in [-0.15, -0.1) is 11.8 Å². The van der Waals surface area contributed by atoms with E-state index in [0.717, 1.165) is 25.0 Å². The van der Waals surface area contributed by atoms with E-state index in [1.54, 1.807) is 11.1 Å². The van der Waals surface area contributed by atoms with Crippen LogP contribution in [0.4, 0.5) is 0 Å². The molecule has 0 heterocycles. The number of oxime groups is 1. The van der Waals surface area contributed by atoms with Crippen molar-refractivity contribution >= 4 is 17.6 Å². The molecule has 1 aromatic carbocycles. The van der Waals surface area contributed by atoms with E-state index in [4.69, 9.17) is 10.9 Å². The summed E-state index contributed by atoms with van der Waals surface area (Å²) in [7, 11) is 0. The lowest BCUT2D eigenvalue weighted by molar-refractivity contribution is 0.304. The fourth-order valence-corrected chi connectivity index (χ4v) is 3.73. The maximum atomic E-state index is 8.76. The SMILES string of the molecule is CC(C)(CCCCSc1ccc2c(c1)CCC2)/C(N)=N/O. The summed E-state index contributed by atoms with van der Waals surface area (Å²) in [6.07, 6.45) is 7.02. The molecule has 0 spiro atoms. The minimum atomic E-state index is -0.215. The molecule has 0 aromatic heterocycles. The molecule has 0 aliphatic heterocycles. The summed E-state index contributed by atoms with van der Waals surface area (Å²) in [4.78, 5) is 1.39. The molecule has 0 fully saturated rings. The van der Waals surface area contributed by atoms with Crippen LogP contribution in [0.15, 0.2) is 28.3 Å². The Morgan fingerprint density at radius 1 is 1.29 bits per heavy atom. The van der Waals surface area contributed by atoms with Crippen LogP contribution in [-0.4, -0.2) is 16.8 Å². The van der Waals surface area contributed by atoms with Crippen molar-refractivity contribution in [1.29, 1.82) is 0 Å². The van der Waals surface area contributed by atoms with Gasteiger partial charge in [0.2, 0.25) is 0 Å². The van der Waals surface area contributed by atoms with Crippen LogP contribution in [0.25, 0.3) is 0 Å². The second kappa shape index (κ2) is 7.21.